The molecule has 0 fully saturated rings. The summed E-state index contributed by atoms with van der Waals surface area (Å²) in [4.78, 5) is 27.9. The lowest BCUT2D eigenvalue weighted by Gasteiger charge is -2.11. The highest BCUT2D eigenvalue weighted by atomic mass is 35.5. The van der Waals surface area contributed by atoms with E-state index in [1.807, 2.05) is 0 Å². The minimum atomic E-state index is -1.01. The topological polar surface area (TPSA) is 86.8 Å². The number of rotatable bonds is 5. The molecule has 2 heterocycles. The Balaban J connectivity index is 1.56. The molecule has 27 heavy (non-hydrogen) atoms. The normalized spacial score (nSPS) is 13.4. The first kappa shape index (κ1) is 19.0. The van der Waals surface area contributed by atoms with Crippen molar-refractivity contribution in [3.8, 4) is 11.5 Å². The van der Waals surface area contributed by atoms with E-state index in [0.717, 1.165) is 0 Å². The number of esters is 1. The summed E-state index contributed by atoms with van der Waals surface area (Å²) in [5.74, 6) is 0.0715. The summed E-state index contributed by atoms with van der Waals surface area (Å²) in [7, 11) is 0. The van der Waals surface area contributed by atoms with Crippen molar-refractivity contribution in [2.45, 2.75) is 13.0 Å². The summed E-state index contributed by atoms with van der Waals surface area (Å²) in [6.45, 7) is 1.55. The predicted molar refractivity (Wildman–Crippen MR) is 100 cm³/mol. The fourth-order valence-corrected chi connectivity index (χ4v) is 2.58. The Hall–Kier alpha value is -2.77. The maximum Gasteiger partial charge on any atom is 0.331 e. The number of carbonyl (C=O) groups is 2. The first-order valence-corrected chi connectivity index (χ1v) is 8.58. The fourth-order valence-electron chi connectivity index (χ4n) is 2.19. The van der Waals surface area contributed by atoms with E-state index < -0.39 is 18.0 Å². The Morgan fingerprint density at radius 3 is 2.85 bits per heavy atom. The van der Waals surface area contributed by atoms with Gasteiger partial charge in [0.15, 0.2) is 17.6 Å². The number of benzene rings is 1. The molecule has 0 spiro atoms. The summed E-state index contributed by atoms with van der Waals surface area (Å²) in [6, 6.07) is 6.43. The summed E-state index contributed by atoms with van der Waals surface area (Å²) in [6.07, 6.45) is 3.08. The number of nitrogens with one attached hydrogen (secondary N) is 1. The first-order chi connectivity index (χ1) is 12.9. The van der Waals surface area contributed by atoms with Crippen molar-refractivity contribution in [2.75, 3.05) is 12.1 Å². The van der Waals surface area contributed by atoms with E-state index in [-0.39, 0.29) is 6.79 Å². The van der Waals surface area contributed by atoms with E-state index in [0.29, 0.717) is 32.9 Å². The van der Waals surface area contributed by atoms with Crippen LogP contribution in [0, 0.1) is 0 Å². The molecule has 1 aromatic heterocycles. The molecule has 0 radical (unpaired) electrons. The van der Waals surface area contributed by atoms with Crippen molar-refractivity contribution in [2.24, 2.45) is 0 Å². The van der Waals surface area contributed by atoms with Crippen molar-refractivity contribution in [3.63, 3.8) is 0 Å². The van der Waals surface area contributed by atoms with E-state index in [2.05, 4.69) is 10.3 Å². The van der Waals surface area contributed by atoms with Gasteiger partial charge in [0.1, 0.15) is 5.82 Å². The number of aromatic nitrogens is 1. The van der Waals surface area contributed by atoms with Crippen LogP contribution in [0.4, 0.5) is 5.82 Å². The molecule has 7 nitrogen and oxygen atoms in total. The fraction of sp³-hybridized carbons (Fsp3) is 0.167. The second-order valence-corrected chi connectivity index (χ2v) is 6.34. The molecular weight excluding hydrogens is 395 g/mol. The van der Waals surface area contributed by atoms with Gasteiger partial charge in [-0.3, -0.25) is 4.79 Å². The largest absolute Gasteiger partial charge is 0.454 e. The number of hydrogen-bond acceptors (Lipinski definition) is 6. The molecule has 9 heteroatoms. The maximum absolute atomic E-state index is 12.0. The third-order valence-electron chi connectivity index (χ3n) is 3.50. The molecule has 1 amide bonds. The zero-order valence-electron chi connectivity index (χ0n) is 14.1. The standard InChI is InChI=1S/C18H14Cl2N2O5/c1-10(18(24)22-15-4-3-12(19)8-21-15)27-16(23)5-2-11-6-13(20)17-14(7-11)25-9-26-17/h2-8,10H,9H2,1H3,(H,21,22,24)/b5-2+/t10-/m1/s1. The minimum absolute atomic E-state index is 0.0966. The van der Waals surface area contributed by atoms with Gasteiger partial charge in [-0.2, -0.15) is 0 Å². The summed E-state index contributed by atoms with van der Waals surface area (Å²) in [5.41, 5.74) is 0.628. The molecule has 1 aliphatic rings. The molecule has 2 aromatic rings. The second-order valence-electron chi connectivity index (χ2n) is 5.50. The van der Waals surface area contributed by atoms with Crippen molar-refractivity contribution in [1.29, 1.82) is 0 Å². The van der Waals surface area contributed by atoms with Crippen LogP contribution in [0.1, 0.15) is 12.5 Å². The number of fused-ring (bicyclic) bond motifs is 1. The van der Waals surface area contributed by atoms with Gasteiger partial charge in [0, 0.05) is 12.3 Å². The molecule has 3 rings (SSSR count). The lowest BCUT2D eigenvalue weighted by Crippen LogP contribution is -2.29. The van der Waals surface area contributed by atoms with Crippen LogP contribution in [-0.4, -0.2) is 29.8 Å². The van der Waals surface area contributed by atoms with Crippen LogP contribution in [0.15, 0.2) is 36.5 Å². The molecule has 0 saturated carbocycles. The zero-order chi connectivity index (χ0) is 19.4. The third kappa shape index (κ3) is 4.90. The smallest absolute Gasteiger partial charge is 0.331 e. The van der Waals surface area contributed by atoms with Gasteiger partial charge in [0.2, 0.25) is 6.79 Å². The van der Waals surface area contributed by atoms with Gasteiger partial charge in [-0.25, -0.2) is 9.78 Å². The second kappa shape index (κ2) is 8.28. The highest BCUT2D eigenvalue weighted by Crippen LogP contribution is 2.40. The van der Waals surface area contributed by atoms with Gasteiger partial charge < -0.3 is 19.5 Å². The van der Waals surface area contributed by atoms with Crippen LogP contribution in [0.5, 0.6) is 11.5 Å². The first-order valence-electron chi connectivity index (χ1n) is 7.82. The number of carbonyl (C=O) groups excluding carboxylic acids is 2. The van der Waals surface area contributed by atoms with Crippen LogP contribution in [0.25, 0.3) is 6.08 Å². The average molecular weight is 409 g/mol. The SMILES string of the molecule is C[C@@H](OC(=O)/C=C/c1cc(Cl)c2c(c1)OCO2)C(=O)Nc1ccc(Cl)cn1. The van der Waals surface area contributed by atoms with Crippen molar-refractivity contribution >= 4 is 47.0 Å². The van der Waals surface area contributed by atoms with E-state index in [1.54, 1.807) is 18.2 Å². The van der Waals surface area contributed by atoms with E-state index in [1.165, 1.54) is 31.3 Å². The lowest BCUT2D eigenvalue weighted by atomic mass is 10.2. The van der Waals surface area contributed by atoms with Crippen molar-refractivity contribution in [3.05, 3.63) is 52.1 Å². The van der Waals surface area contributed by atoms with Gasteiger partial charge in [0.05, 0.1) is 10.0 Å². The van der Waals surface area contributed by atoms with Gasteiger partial charge >= 0.3 is 5.97 Å². The van der Waals surface area contributed by atoms with Gasteiger partial charge in [-0.05, 0) is 42.8 Å². The Labute approximate surface area is 164 Å². The number of pyridine rings is 1. The van der Waals surface area contributed by atoms with Crippen LogP contribution in [0.3, 0.4) is 0 Å². The minimum Gasteiger partial charge on any atom is -0.454 e. The van der Waals surface area contributed by atoms with E-state index in [4.69, 9.17) is 37.4 Å². The van der Waals surface area contributed by atoms with Crippen LogP contribution < -0.4 is 14.8 Å². The number of ether oxygens (including phenoxy) is 3. The zero-order valence-corrected chi connectivity index (χ0v) is 15.6. The molecule has 0 bridgehead atoms. The highest BCUT2D eigenvalue weighted by molar-refractivity contribution is 6.32. The number of halogens is 2. The Morgan fingerprint density at radius 2 is 2.11 bits per heavy atom. The van der Waals surface area contributed by atoms with Gasteiger partial charge in [0.25, 0.3) is 5.91 Å². The number of nitrogens with zero attached hydrogens (tertiary/aromatic N) is 1. The molecule has 1 atom stereocenters. The van der Waals surface area contributed by atoms with Crippen LogP contribution in [0.2, 0.25) is 10.0 Å². The Kier molecular flexibility index (Phi) is 5.83. The molecule has 140 valence electrons. The maximum atomic E-state index is 12.0. The van der Waals surface area contributed by atoms with Crippen LogP contribution >= 0.6 is 23.2 Å². The highest BCUT2D eigenvalue weighted by Gasteiger charge is 2.19. The monoisotopic (exact) mass is 408 g/mol. The summed E-state index contributed by atoms with van der Waals surface area (Å²) in [5, 5.41) is 3.35. The van der Waals surface area contributed by atoms with Crippen molar-refractivity contribution in [1.82, 2.24) is 4.98 Å². The molecule has 1 N–H and O–H groups in total. The predicted octanol–water partition coefficient (Wildman–Crippen LogP) is 3.70. The average Bonchev–Trinajstić information content (AvgIpc) is 3.11. The Morgan fingerprint density at radius 1 is 1.30 bits per heavy atom. The molecule has 1 aliphatic heterocycles. The molecule has 0 saturated heterocycles. The van der Waals surface area contributed by atoms with Crippen molar-refractivity contribution < 1.29 is 23.8 Å². The number of anilines is 1. The molecule has 1 aromatic carbocycles. The quantitative estimate of drug-likeness (QED) is 0.599. The third-order valence-corrected chi connectivity index (χ3v) is 4.01. The van der Waals surface area contributed by atoms with Crippen LogP contribution in [-0.2, 0) is 14.3 Å². The Bertz CT molecular complexity index is 899. The van der Waals surface area contributed by atoms with Gasteiger partial charge in [-0.15, -0.1) is 0 Å². The lowest BCUT2D eigenvalue weighted by molar-refractivity contribution is -0.148. The number of hydrogen-bond donors (Lipinski definition) is 1. The number of amides is 1. The van der Waals surface area contributed by atoms with E-state index >= 15 is 0 Å². The summed E-state index contributed by atoms with van der Waals surface area (Å²) < 4.78 is 15.6. The van der Waals surface area contributed by atoms with E-state index in [9.17, 15) is 9.59 Å². The summed E-state index contributed by atoms with van der Waals surface area (Å²) >= 11 is 11.8. The van der Waals surface area contributed by atoms with Gasteiger partial charge in [-0.1, -0.05) is 23.2 Å². The molecule has 0 aliphatic carbocycles. The molecule has 0 unspecified atom stereocenters. The molecular formula is C18H14Cl2N2O5.